The number of benzene rings is 2. The van der Waals surface area contributed by atoms with Crippen LogP contribution >= 0.6 is 15.9 Å². The minimum absolute atomic E-state index is 0.251. The van der Waals surface area contributed by atoms with E-state index in [1.807, 2.05) is 36.4 Å². The molecule has 0 spiro atoms. The fraction of sp³-hybridized carbons (Fsp3) is 0.154. The van der Waals surface area contributed by atoms with Crippen molar-refractivity contribution in [3.63, 3.8) is 0 Å². The highest BCUT2D eigenvalue weighted by atomic mass is 79.9. The summed E-state index contributed by atoms with van der Waals surface area (Å²) in [5.74, 6) is 0.843. The number of methoxy groups -OCH3 is 1. The summed E-state index contributed by atoms with van der Waals surface area (Å²) < 4.78 is 5.16. The lowest BCUT2D eigenvalue weighted by molar-refractivity contribution is 0.415. The molecule has 0 aliphatic carbocycles. The molecule has 1 atom stereocenters. The number of nitriles is 1. The Hall–Kier alpha value is -1.53. The second-order valence-electron chi connectivity index (χ2n) is 3.46. The van der Waals surface area contributed by atoms with Crippen molar-refractivity contribution in [2.24, 2.45) is 0 Å². The Balaban J connectivity index is 2.52. The van der Waals surface area contributed by atoms with Crippen LogP contribution in [0.4, 0.5) is 0 Å². The molecule has 3 heteroatoms. The van der Waals surface area contributed by atoms with E-state index in [0.29, 0.717) is 0 Å². The molecule has 0 aliphatic heterocycles. The van der Waals surface area contributed by atoms with Gasteiger partial charge in [-0.2, -0.15) is 5.26 Å². The zero-order chi connectivity index (χ0) is 11.5. The van der Waals surface area contributed by atoms with Gasteiger partial charge in [-0.25, -0.2) is 0 Å². The first-order valence-electron chi connectivity index (χ1n) is 4.86. The molecule has 2 aromatic rings. The highest BCUT2D eigenvalue weighted by molar-refractivity contribution is 9.09. The molecule has 1 unspecified atom stereocenters. The van der Waals surface area contributed by atoms with Crippen molar-refractivity contribution in [1.29, 1.82) is 5.26 Å². The van der Waals surface area contributed by atoms with Crippen LogP contribution in [0, 0.1) is 11.3 Å². The number of alkyl halides is 1. The van der Waals surface area contributed by atoms with Crippen molar-refractivity contribution < 1.29 is 4.74 Å². The SMILES string of the molecule is COc1ccc2cc(C(Br)C#N)ccc2c1. The van der Waals surface area contributed by atoms with Gasteiger partial charge in [-0.3, -0.25) is 0 Å². The summed E-state index contributed by atoms with van der Waals surface area (Å²) in [5, 5.41) is 11.0. The van der Waals surface area contributed by atoms with Gasteiger partial charge >= 0.3 is 0 Å². The van der Waals surface area contributed by atoms with E-state index in [9.17, 15) is 0 Å². The predicted octanol–water partition coefficient (Wildman–Crippen LogP) is 3.81. The molecule has 0 aromatic heterocycles. The van der Waals surface area contributed by atoms with Crippen molar-refractivity contribution in [1.82, 2.24) is 0 Å². The Kier molecular flexibility index (Phi) is 3.12. The topological polar surface area (TPSA) is 33.0 Å². The van der Waals surface area contributed by atoms with Crippen LogP contribution in [0.3, 0.4) is 0 Å². The minimum atomic E-state index is -0.251. The van der Waals surface area contributed by atoms with Crippen LogP contribution in [-0.4, -0.2) is 7.11 Å². The first-order valence-corrected chi connectivity index (χ1v) is 5.77. The lowest BCUT2D eigenvalue weighted by Gasteiger charge is -2.05. The zero-order valence-corrected chi connectivity index (χ0v) is 10.4. The van der Waals surface area contributed by atoms with E-state index in [2.05, 4.69) is 22.0 Å². The van der Waals surface area contributed by atoms with Gasteiger partial charge in [0, 0.05) is 0 Å². The molecule has 16 heavy (non-hydrogen) atoms. The van der Waals surface area contributed by atoms with Gasteiger partial charge in [0.15, 0.2) is 0 Å². The van der Waals surface area contributed by atoms with Gasteiger partial charge < -0.3 is 4.74 Å². The number of hydrogen-bond donors (Lipinski definition) is 0. The van der Waals surface area contributed by atoms with Crippen LogP contribution in [-0.2, 0) is 0 Å². The normalized spacial score (nSPS) is 12.1. The van der Waals surface area contributed by atoms with Crippen molar-refractivity contribution in [3.8, 4) is 11.8 Å². The van der Waals surface area contributed by atoms with Crippen molar-refractivity contribution in [3.05, 3.63) is 42.0 Å². The van der Waals surface area contributed by atoms with E-state index in [4.69, 9.17) is 10.00 Å². The van der Waals surface area contributed by atoms with Crippen LogP contribution in [0.5, 0.6) is 5.75 Å². The Morgan fingerprint density at radius 1 is 1.19 bits per heavy atom. The summed E-state index contributed by atoms with van der Waals surface area (Å²) in [6.07, 6.45) is 0. The second-order valence-corrected chi connectivity index (χ2v) is 4.38. The van der Waals surface area contributed by atoms with Crippen LogP contribution in [0.15, 0.2) is 36.4 Å². The van der Waals surface area contributed by atoms with Gasteiger partial charge in [-0.1, -0.05) is 34.1 Å². The van der Waals surface area contributed by atoms with Gasteiger partial charge in [-0.15, -0.1) is 0 Å². The zero-order valence-electron chi connectivity index (χ0n) is 8.77. The fourth-order valence-corrected chi connectivity index (χ4v) is 1.89. The number of ether oxygens (including phenoxy) is 1. The van der Waals surface area contributed by atoms with E-state index in [0.717, 1.165) is 22.1 Å². The molecule has 2 nitrogen and oxygen atoms in total. The molecule has 0 amide bonds. The van der Waals surface area contributed by atoms with Gasteiger partial charge in [0.05, 0.1) is 13.2 Å². The molecule has 0 radical (unpaired) electrons. The van der Waals surface area contributed by atoms with E-state index in [1.165, 1.54) is 0 Å². The summed E-state index contributed by atoms with van der Waals surface area (Å²) in [6, 6.07) is 14.0. The maximum atomic E-state index is 8.83. The molecule has 2 aromatic carbocycles. The highest BCUT2D eigenvalue weighted by Crippen LogP contribution is 2.27. The number of nitrogens with zero attached hydrogens (tertiary/aromatic N) is 1. The summed E-state index contributed by atoms with van der Waals surface area (Å²) in [5.41, 5.74) is 0.972. The molecule has 0 N–H and O–H groups in total. The average molecular weight is 276 g/mol. The quantitative estimate of drug-likeness (QED) is 0.781. The van der Waals surface area contributed by atoms with Gasteiger partial charge in [0.2, 0.25) is 0 Å². The van der Waals surface area contributed by atoms with Gasteiger partial charge in [0.25, 0.3) is 0 Å². The molecule has 0 fully saturated rings. The van der Waals surface area contributed by atoms with Crippen LogP contribution < -0.4 is 4.74 Å². The minimum Gasteiger partial charge on any atom is -0.497 e. The monoisotopic (exact) mass is 275 g/mol. The number of hydrogen-bond acceptors (Lipinski definition) is 2. The van der Waals surface area contributed by atoms with Crippen LogP contribution in [0.2, 0.25) is 0 Å². The highest BCUT2D eigenvalue weighted by Gasteiger charge is 2.06. The molecule has 0 aliphatic rings. The van der Waals surface area contributed by atoms with Crippen LogP contribution in [0.1, 0.15) is 10.4 Å². The molecule has 0 saturated carbocycles. The van der Waals surface area contributed by atoms with Gasteiger partial charge in [0.1, 0.15) is 10.6 Å². The first kappa shape index (κ1) is 11.0. The number of fused-ring (bicyclic) bond motifs is 1. The summed E-state index contributed by atoms with van der Waals surface area (Å²) in [4.78, 5) is -0.251. The standard InChI is InChI=1S/C13H10BrNO/c1-16-12-5-4-9-6-11(13(14)8-15)3-2-10(9)7-12/h2-7,13H,1H3. The largest absolute Gasteiger partial charge is 0.497 e. The third-order valence-corrected chi connectivity index (χ3v) is 3.21. The van der Waals surface area contributed by atoms with Crippen LogP contribution in [0.25, 0.3) is 10.8 Å². The lowest BCUT2D eigenvalue weighted by Crippen LogP contribution is -1.87. The maximum Gasteiger partial charge on any atom is 0.126 e. The fourth-order valence-electron chi connectivity index (χ4n) is 1.60. The summed E-state index contributed by atoms with van der Waals surface area (Å²) in [7, 11) is 1.65. The van der Waals surface area contributed by atoms with E-state index in [1.54, 1.807) is 7.11 Å². The third kappa shape index (κ3) is 2.02. The Morgan fingerprint density at radius 3 is 2.56 bits per heavy atom. The number of halogens is 1. The Morgan fingerprint density at radius 2 is 1.88 bits per heavy atom. The molecule has 2 rings (SSSR count). The van der Waals surface area contributed by atoms with Gasteiger partial charge in [-0.05, 0) is 34.5 Å². The molecule has 0 saturated heterocycles. The van der Waals surface area contributed by atoms with E-state index in [-0.39, 0.29) is 4.83 Å². The smallest absolute Gasteiger partial charge is 0.126 e. The molecular weight excluding hydrogens is 266 g/mol. The molecule has 80 valence electrons. The Bertz CT molecular complexity index is 559. The Labute approximate surface area is 103 Å². The van der Waals surface area contributed by atoms with Crippen molar-refractivity contribution >= 4 is 26.7 Å². The van der Waals surface area contributed by atoms with Crippen molar-refractivity contribution in [2.45, 2.75) is 4.83 Å². The molecule has 0 bridgehead atoms. The summed E-state index contributed by atoms with van der Waals surface area (Å²) in [6.45, 7) is 0. The third-order valence-electron chi connectivity index (χ3n) is 2.48. The van der Waals surface area contributed by atoms with E-state index >= 15 is 0 Å². The average Bonchev–Trinajstić information content (AvgIpc) is 2.36. The first-order chi connectivity index (χ1) is 7.74. The summed E-state index contributed by atoms with van der Waals surface area (Å²) >= 11 is 3.31. The second kappa shape index (κ2) is 4.54. The molecule has 0 heterocycles. The number of rotatable bonds is 2. The lowest BCUT2D eigenvalue weighted by atomic mass is 10.1. The van der Waals surface area contributed by atoms with E-state index < -0.39 is 0 Å². The molecular formula is C13H10BrNO. The maximum absolute atomic E-state index is 8.83. The van der Waals surface area contributed by atoms with Crippen molar-refractivity contribution in [2.75, 3.05) is 7.11 Å². The predicted molar refractivity (Wildman–Crippen MR) is 67.8 cm³/mol.